The van der Waals surface area contributed by atoms with Gasteiger partial charge < -0.3 is 18.9 Å². The molecular weight excluding hydrogens is 376 g/mol. The normalized spacial score (nSPS) is 10.1. The van der Waals surface area contributed by atoms with E-state index >= 15 is 0 Å². The fourth-order valence-corrected chi connectivity index (χ4v) is 2.70. The van der Waals surface area contributed by atoms with Crippen molar-refractivity contribution in [1.29, 1.82) is 0 Å². The lowest BCUT2D eigenvalue weighted by atomic mass is 9.98. The van der Waals surface area contributed by atoms with Crippen molar-refractivity contribution in [2.24, 2.45) is 0 Å². The second kappa shape index (κ2) is 8.20. The molecule has 0 N–H and O–H groups in total. The first-order chi connectivity index (χ1) is 13.3. The average Bonchev–Trinajstić information content (AvgIpc) is 2.70. The summed E-state index contributed by atoms with van der Waals surface area (Å²) in [6.07, 6.45) is 0. The Hall–Kier alpha value is -3.89. The number of nitro groups is 2. The van der Waals surface area contributed by atoms with E-state index in [1.54, 1.807) is 0 Å². The summed E-state index contributed by atoms with van der Waals surface area (Å²) in [5, 5.41) is 23.2. The van der Waals surface area contributed by atoms with Crippen molar-refractivity contribution in [3.05, 3.63) is 55.6 Å². The van der Waals surface area contributed by atoms with Crippen LogP contribution in [-0.4, -0.2) is 44.1 Å². The molecule has 0 aliphatic carbocycles. The minimum absolute atomic E-state index is 0.0348. The Bertz CT molecular complexity index is 881. The maximum Gasteiger partial charge on any atom is 0.325 e. The molecule has 0 saturated carbocycles. The first-order valence-corrected chi connectivity index (χ1v) is 7.65. The number of methoxy groups -OCH3 is 4. The Morgan fingerprint density at radius 1 is 0.714 bits per heavy atom. The average molecular weight is 392 g/mol. The van der Waals surface area contributed by atoms with Crippen LogP contribution in [0.1, 0.15) is 15.9 Å². The van der Waals surface area contributed by atoms with Gasteiger partial charge in [-0.25, -0.2) is 0 Å². The second-order valence-corrected chi connectivity index (χ2v) is 5.24. The molecule has 0 aliphatic heterocycles. The van der Waals surface area contributed by atoms with Crippen LogP contribution in [-0.2, 0) is 0 Å². The van der Waals surface area contributed by atoms with Gasteiger partial charge in [-0.15, -0.1) is 0 Å². The summed E-state index contributed by atoms with van der Waals surface area (Å²) < 4.78 is 20.1. The van der Waals surface area contributed by atoms with Crippen molar-refractivity contribution in [2.75, 3.05) is 28.4 Å². The van der Waals surface area contributed by atoms with E-state index in [9.17, 15) is 25.0 Å². The van der Waals surface area contributed by atoms with E-state index in [0.717, 1.165) is 12.1 Å². The van der Waals surface area contributed by atoms with Gasteiger partial charge in [0, 0.05) is 0 Å². The third-order valence-electron chi connectivity index (χ3n) is 3.89. The Balaban J connectivity index is 2.81. The van der Waals surface area contributed by atoms with Crippen molar-refractivity contribution in [2.45, 2.75) is 0 Å². The smallest absolute Gasteiger partial charge is 0.325 e. The van der Waals surface area contributed by atoms with Crippen LogP contribution in [0.4, 0.5) is 11.4 Å². The van der Waals surface area contributed by atoms with Gasteiger partial charge in [0.15, 0.2) is 11.5 Å². The van der Waals surface area contributed by atoms with Gasteiger partial charge in [0.1, 0.15) is 11.1 Å². The van der Waals surface area contributed by atoms with Crippen molar-refractivity contribution in [3.63, 3.8) is 0 Å². The fraction of sp³-hybridized carbons (Fsp3) is 0.235. The predicted octanol–water partition coefficient (Wildman–Crippen LogP) is 2.77. The zero-order chi connectivity index (χ0) is 21.0. The summed E-state index contributed by atoms with van der Waals surface area (Å²) in [7, 11) is 4.92. The van der Waals surface area contributed by atoms with E-state index in [1.165, 1.54) is 40.6 Å². The number of ether oxygens (including phenoxy) is 4. The van der Waals surface area contributed by atoms with E-state index in [4.69, 9.17) is 18.9 Å². The van der Waals surface area contributed by atoms with Crippen molar-refractivity contribution < 1.29 is 33.6 Å². The third-order valence-corrected chi connectivity index (χ3v) is 3.89. The van der Waals surface area contributed by atoms with E-state index in [-0.39, 0.29) is 23.0 Å². The second-order valence-electron chi connectivity index (χ2n) is 5.24. The minimum atomic E-state index is -0.958. The Labute approximate surface area is 158 Å². The summed E-state index contributed by atoms with van der Waals surface area (Å²) in [6.45, 7) is 0. The van der Waals surface area contributed by atoms with Crippen molar-refractivity contribution >= 4 is 17.2 Å². The molecule has 0 amide bonds. The van der Waals surface area contributed by atoms with Crippen LogP contribution in [0.5, 0.6) is 23.0 Å². The van der Waals surface area contributed by atoms with Gasteiger partial charge in [0.05, 0.1) is 38.3 Å². The van der Waals surface area contributed by atoms with E-state index < -0.39 is 38.1 Å². The van der Waals surface area contributed by atoms with Crippen LogP contribution >= 0.6 is 0 Å². The predicted molar refractivity (Wildman–Crippen MR) is 95.8 cm³/mol. The largest absolute Gasteiger partial charge is 0.493 e. The third kappa shape index (κ3) is 3.37. The standard InChI is InChI=1S/C17H16N2O9/c1-25-11-7-5-9(13(18(21)22)16(11)27-3)15(20)10-6-8-12(26-2)17(28-4)14(10)19(23)24/h5-8H,1-4H3. The first-order valence-electron chi connectivity index (χ1n) is 7.65. The maximum atomic E-state index is 13.0. The zero-order valence-electron chi connectivity index (χ0n) is 15.4. The molecule has 0 unspecified atom stereocenters. The molecule has 11 nitrogen and oxygen atoms in total. The number of ketones is 1. The Morgan fingerprint density at radius 2 is 1.07 bits per heavy atom. The Morgan fingerprint density at radius 3 is 1.32 bits per heavy atom. The maximum absolute atomic E-state index is 13.0. The molecule has 0 radical (unpaired) electrons. The number of benzene rings is 2. The molecule has 2 aromatic rings. The minimum Gasteiger partial charge on any atom is -0.493 e. The molecule has 2 aromatic carbocycles. The van der Waals surface area contributed by atoms with Gasteiger partial charge in [-0.05, 0) is 24.3 Å². The van der Waals surface area contributed by atoms with E-state index in [2.05, 4.69) is 0 Å². The number of carbonyl (C=O) groups excluding carboxylic acids is 1. The van der Waals surface area contributed by atoms with E-state index in [1.807, 2.05) is 0 Å². The molecule has 0 aliphatic rings. The fourth-order valence-electron chi connectivity index (χ4n) is 2.70. The Kier molecular flexibility index (Phi) is 5.98. The highest BCUT2D eigenvalue weighted by molar-refractivity contribution is 6.15. The van der Waals surface area contributed by atoms with Gasteiger partial charge in [-0.2, -0.15) is 0 Å². The van der Waals surface area contributed by atoms with Gasteiger partial charge in [0.2, 0.25) is 17.3 Å². The molecule has 0 saturated heterocycles. The summed E-state index contributed by atoms with van der Waals surface area (Å²) in [6, 6.07) is 4.88. The van der Waals surface area contributed by atoms with Crippen molar-refractivity contribution in [1.82, 2.24) is 0 Å². The van der Waals surface area contributed by atoms with Crippen LogP contribution in [0.25, 0.3) is 0 Å². The molecule has 148 valence electrons. The van der Waals surface area contributed by atoms with Crippen LogP contribution in [0.15, 0.2) is 24.3 Å². The molecule has 0 spiro atoms. The first kappa shape index (κ1) is 20.4. The molecule has 11 heteroatoms. The summed E-state index contributed by atoms with van der Waals surface area (Å²) in [4.78, 5) is 34.6. The number of hydrogen-bond donors (Lipinski definition) is 0. The molecule has 0 bridgehead atoms. The van der Waals surface area contributed by atoms with Gasteiger partial charge >= 0.3 is 11.4 Å². The summed E-state index contributed by atoms with van der Waals surface area (Å²) in [5.41, 5.74) is -2.15. The van der Waals surface area contributed by atoms with Gasteiger partial charge in [0.25, 0.3) is 0 Å². The molecule has 28 heavy (non-hydrogen) atoms. The number of rotatable bonds is 8. The lowest BCUT2D eigenvalue weighted by molar-refractivity contribution is -0.386. The molecule has 0 aromatic heterocycles. The van der Waals surface area contributed by atoms with Crippen LogP contribution in [0.3, 0.4) is 0 Å². The summed E-state index contributed by atoms with van der Waals surface area (Å²) in [5.74, 6) is -1.44. The van der Waals surface area contributed by atoms with E-state index in [0.29, 0.717) is 0 Å². The van der Waals surface area contributed by atoms with Gasteiger partial charge in [-0.3, -0.25) is 25.0 Å². The van der Waals surface area contributed by atoms with Crippen LogP contribution in [0.2, 0.25) is 0 Å². The number of nitro benzene ring substituents is 2. The van der Waals surface area contributed by atoms with Gasteiger partial charge in [-0.1, -0.05) is 0 Å². The molecule has 0 fully saturated rings. The topological polar surface area (TPSA) is 140 Å². The zero-order valence-corrected chi connectivity index (χ0v) is 15.4. The number of hydrogen-bond acceptors (Lipinski definition) is 9. The number of carbonyl (C=O) groups is 1. The molecule has 0 atom stereocenters. The SMILES string of the molecule is COc1ccc(C(=O)c2ccc(OC)c(OC)c2[N+](=O)[O-])c([N+](=O)[O-])c1OC. The highest BCUT2D eigenvalue weighted by Gasteiger charge is 2.35. The monoisotopic (exact) mass is 392 g/mol. The molecule has 2 rings (SSSR count). The molecular formula is C17H16N2O9. The summed E-state index contributed by atoms with van der Waals surface area (Å²) >= 11 is 0. The lowest BCUT2D eigenvalue weighted by Gasteiger charge is -2.12. The highest BCUT2D eigenvalue weighted by atomic mass is 16.6. The number of nitrogens with zero attached hydrogens (tertiary/aromatic N) is 2. The lowest BCUT2D eigenvalue weighted by Crippen LogP contribution is -2.11. The van der Waals surface area contributed by atoms with Crippen LogP contribution in [0, 0.1) is 20.2 Å². The van der Waals surface area contributed by atoms with Crippen LogP contribution < -0.4 is 18.9 Å². The highest BCUT2D eigenvalue weighted by Crippen LogP contribution is 2.43. The quantitative estimate of drug-likeness (QED) is 0.376. The molecule has 0 heterocycles. The van der Waals surface area contributed by atoms with Crippen molar-refractivity contribution in [3.8, 4) is 23.0 Å².